The van der Waals surface area contributed by atoms with Gasteiger partial charge >= 0.3 is 0 Å². The third kappa shape index (κ3) is 2.93. The van der Waals surface area contributed by atoms with Crippen LogP contribution in [0.3, 0.4) is 0 Å². The van der Waals surface area contributed by atoms with Crippen molar-refractivity contribution in [3.8, 4) is 0 Å². The van der Waals surface area contributed by atoms with Gasteiger partial charge < -0.3 is 9.88 Å². The fraction of sp³-hybridized carbons (Fsp3) is 0.389. The number of hydrogen-bond donors (Lipinski definition) is 1. The lowest BCUT2D eigenvalue weighted by Gasteiger charge is -2.26. The third-order valence-corrected chi connectivity index (χ3v) is 4.31. The van der Waals surface area contributed by atoms with Gasteiger partial charge in [-0.1, -0.05) is 25.1 Å². The average molecular weight is 282 g/mol. The van der Waals surface area contributed by atoms with Crippen molar-refractivity contribution in [1.29, 1.82) is 0 Å². The van der Waals surface area contributed by atoms with Crippen LogP contribution in [0.25, 0.3) is 0 Å². The van der Waals surface area contributed by atoms with E-state index in [4.69, 9.17) is 0 Å². The largest absolute Gasteiger partial charge is 0.342 e. The van der Waals surface area contributed by atoms with E-state index < -0.39 is 0 Å². The van der Waals surface area contributed by atoms with Crippen molar-refractivity contribution >= 4 is 5.78 Å². The van der Waals surface area contributed by atoms with Crippen LogP contribution in [0.15, 0.2) is 42.6 Å². The Labute approximate surface area is 126 Å². The van der Waals surface area contributed by atoms with E-state index in [0.29, 0.717) is 6.04 Å². The molecule has 1 aliphatic heterocycles. The first-order chi connectivity index (χ1) is 10.3. The molecule has 0 radical (unpaired) electrons. The number of aromatic nitrogens is 1. The minimum Gasteiger partial charge on any atom is -0.342 e. The monoisotopic (exact) mass is 282 g/mol. The van der Waals surface area contributed by atoms with E-state index in [9.17, 15) is 4.79 Å². The second-order valence-electron chi connectivity index (χ2n) is 5.66. The van der Waals surface area contributed by atoms with E-state index in [2.05, 4.69) is 22.9 Å². The van der Waals surface area contributed by atoms with Crippen LogP contribution >= 0.6 is 0 Å². The van der Waals surface area contributed by atoms with Crippen LogP contribution in [-0.2, 0) is 6.42 Å². The van der Waals surface area contributed by atoms with Crippen molar-refractivity contribution in [3.63, 3.8) is 0 Å². The molecule has 2 heterocycles. The fourth-order valence-corrected chi connectivity index (χ4v) is 3.07. The van der Waals surface area contributed by atoms with Gasteiger partial charge in [0.05, 0.1) is 5.69 Å². The fourth-order valence-electron chi connectivity index (χ4n) is 3.07. The lowest BCUT2D eigenvalue weighted by molar-refractivity contribution is 0.102. The van der Waals surface area contributed by atoms with Crippen LogP contribution in [0.4, 0.5) is 0 Å². The van der Waals surface area contributed by atoms with Crippen molar-refractivity contribution in [2.45, 2.75) is 32.2 Å². The predicted molar refractivity (Wildman–Crippen MR) is 84.8 cm³/mol. The number of ketones is 1. The summed E-state index contributed by atoms with van der Waals surface area (Å²) < 4.78 is 2.17. The quantitative estimate of drug-likeness (QED) is 0.874. The van der Waals surface area contributed by atoms with E-state index in [1.807, 2.05) is 36.5 Å². The molecule has 110 valence electrons. The Morgan fingerprint density at radius 1 is 1.24 bits per heavy atom. The first kappa shape index (κ1) is 14.1. The molecule has 1 fully saturated rings. The van der Waals surface area contributed by atoms with Crippen LogP contribution in [0.2, 0.25) is 0 Å². The number of piperidine rings is 1. The number of nitrogens with one attached hydrogen (secondary N) is 1. The topological polar surface area (TPSA) is 34.0 Å². The van der Waals surface area contributed by atoms with E-state index in [0.717, 1.165) is 43.6 Å². The average Bonchev–Trinajstić information content (AvgIpc) is 3.04. The molecule has 3 nitrogen and oxygen atoms in total. The number of rotatable bonds is 4. The SMILES string of the molecule is CCc1cccc(C(=O)c2cccn2C2CCNCC2)c1. The van der Waals surface area contributed by atoms with Gasteiger partial charge in [-0.15, -0.1) is 0 Å². The Balaban J connectivity index is 1.89. The number of nitrogens with zero attached hydrogens (tertiary/aromatic N) is 1. The Morgan fingerprint density at radius 2 is 2.05 bits per heavy atom. The highest BCUT2D eigenvalue weighted by atomic mass is 16.1. The van der Waals surface area contributed by atoms with Gasteiger partial charge in [0.2, 0.25) is 5.78 Å². The van der Waals surface area contributed by atoms with E-state index in [-0.39, 0.29) is 5.78 Å². The molecule has 1 aromatic heterocycles. The minimum absolute atomic E-state index is 0.133. The summed E-state index contributed by atoms with van der Waals surface area (Å²) in [4.78, 5) is 12.8. The second-order valence-corrected chi connectivity index (χ2v) is 5.66. The van der Waals surface area contributed by atoms with Gasteiger partial charge in [-0.05, 0) is 56.1 Å². The number of aryl methyl sites for hydroxylation is 1. The number of carbonyl (C=O) groups excluding carboxylic acids is 1. The Bertz CT molecular complexity index is 624. The lowest BCUT2D eigenvalue weighted by atomic mass is 10.0. The maximum absolute atomic E-state index is 12.8. The standard InChI is InChI=1S/C18H22N2O/c1-2-14-5-3-6-15(13-14)18(21)17-7-4-12-20(17)16-8-10-19-11-9-16/h3-7,12-13,16,19H,2,8-11H2,1H3. The van der Waals surface area contributed by atoms with Gasteiger partial charge in [0.25, 0.3) is 0 Å². The van der Waals surface area contributed by atoms with Crippen LogP contribution in [-0.4, -0.2) is 23.4 Å². The van der Waals surface area contributed by atoms with Crippen LogP contribution in [0, 0.1) is 0 Å². The van der Waals surface area contributed by atoms with Gasteiger partial charge in [0.1, 0.15) is 0 Å². The second kappa shape index (κ2) is 6.27. The predicted octanol–water partition coefficient (Wildman–Crippen LogP) is 3.21. The maximum Gasteiger partial charge on any atom is 0.209 e. The Hall–Kier alpha value is -1.87. The molecule has 1 aliphatic rings. The van der Waals surface area contributed by atoms with Gasteiger partial charge in [0, 0.05) is 17.8 Å². The van der Waals surface area contributed by atoms with E-state index >= 15 is 0 Å². The highest BCUT2D eigenvalue weighted by molar-refractivity contribution is 6.08. The number of benzene rings is 1. The summed E-state index contributed by atoms with van der Waals surface area (Å²) in [5.41, 5.74) is 2.82. The van der Waals surface area contributed by atoms with Crippen LogP contribution in [0.1, 0.15) is 47.4 Å². The number of carbonyl (C=O) groups is 1. The molecule has 0 aliphatic carbocycles. The highest BCUT2D eigenvalue weighted by Crippen LogP contribution is 2.23. The zero-order valence-corrected chi connectivity index (χ0v) is 12.5. The van der Waals surface area contributed by atoms with Crippen molar-refractivity contribution in [3.05, 3.63) is 59.4 Å². The van der Waals surface area contributed by atoms with Crippen molar-refractivity contribution in [2.24, 2.45) is 0 Å². The first-order valence-corrected chi connectivity index (χ1v) is 7.81. The normalized spacial score (nSPS) is 16.0. The van der Waals surface area contributed by atoms with Crippen molar-refractivity contribution in [2.75, 3.05) is 13.1 Å². The molecule has 3 heteroatoms. The molecule has 0 atom stereocenters. The molecule has 2 aromatic rings. The van der Waals surface area contributed by atoms with Gasteiger partial charge in [-0.25, -0.2) is 0 Å². The molecule has 0 unspecified atom stereocenters. The molecular formula is C18H22N2O. The Kier molecular flexibility index (Phi) is 4.20. The minimum atomic E-state index is 0.133. The Morgan fingerprint density at radius 3 is 2.81 bits per heavy atom. The van der Waals surface area contributed by atoms with Crippen LogP contribution < -0.4 is 5.32 Å². The van der Waals surface area contributed by atoms with Gasteiger partial charge in [-0.2, -0.15) is 0 Å². The molecule has 1 saturated heterocycles. The van der Waals surface area contributed by atoms with E-state index in [1.165, 1.54) is 5.56 Å². The zero-order chi connectivity index (χ0) is 14.7. The number of hydrogen-bond acceptors (Lipinski definition) is 2. The van der Waals surface area contributed by atoms with Crippen molar-refractivity contribution < 1.29 is 4.79 Å². The van der Waals surface area contributed by atoms with E-state index in [1.54, 1.807) is 0 Å². The lowest BCUT2D eigenvalue weighted by Crippen LogP contribution is -2.30. The zero-order valence-electron chi connectivity index (χ0n) is 12.5. The molecule has 0 saturated carbocycles. The molecule has 0 amide bonds. The molecular weight excluding hydrogens is 260 g/mol. The summed E-state index contributed by atoms with van der Waals surface area (Å²) in [5, 5.41) is 3.37. The first-order valence-electron chi connectivity index (χ1n) is 7.81. The molecule has 21 heavy (non-hydrogen) atoms. The smallest absolute Gasteiger partial charge is 0.209 e. The van der Waals surface area contributed by atoms with Gasteiger partial charge in [-0.3, -0.25) is 4.79 Å². The summed E-state index contributed by atoms with van der Waals surface area (Å²) in [6, 6.07) is 12.4. The maximum atomic E-state index is 12.8. The van der Waals surface area contributed by atoms with Crippen molar-refractivity contribution in [1.82, 2.24) is 9.88 Å². The summed E-state index contributed by atoms with van der Waals surface area (Å²) in [7, 11) is 0. The molecule has 1 aromatic carbocycles. The molecule has 0 bridgehead atoms. The third-order valence-electron chi connectivity index (χ3n) is 4.31. The summed E-state index contributed by atoms with van der Waals surface area (Å²) in [5.74, 6) is 0.133. The van der Waals surface area contributed by atoms with Gasteiger partial charge in [0.15, 0.2) is 0 Å². The highest BCUT2D eigenvalue weighted by Gasteiger charge is 2.20. The molecule has 0 spiro atoms. The molecule has 1 N–H and O–H groups in total. The summed E-state index contributed by atoms with van der Waals surface area (Å²) in [6.45, 7) is 4.17. The molecule has 3 rings (SSSR count). The summed E-state index contributed by atoms with van der Waals surface area (Å²) >= 11 is 0. The summed E-state index contributed by atoms with van der Waals surface area (Å²) in [6.07, 6.45) is 5.18. The van der Waals surface area contributed by atoms with Crippen LogP contribution in [0.5, 0.6) is 0 Å².